The van der Waals surface area contributed by atoms with E-state index in [2.05, 4.69) is 0 Å². The minimum Gasteiger partial charge on any atom is -0.504 e. The molecular weight excluding hydrogens is 687 g/mol. The lowest BCUT2D eigenvalue weighted by atomic mass is 9.73. The molecule has 0 saturated carbocycles. The van der Waals surface area contributed by atoms with Gasteiger partial charge < -0.3 is 39.6 Å². The number of nitrogens with one attached hydrogen (secondary N) is 1. The number of Topliss-reactive ketones (excluding diaryl/α,β-unsaturated/α-hetero) is 1. The molecule has 6 rings (SSSR count). The Morgan fingerprint density at radius 1 is 1.12 bits per heavy atom. The highest BCUT2D eigenvalue weighted by atomic mass is 32.2. The number of carbonyl (C=O) groups excluding carboxylic acids is 3. The first-order valence-corrected chi connectivity index (χ1v) is 16.9. The molecule has 17 heteroatoms. The maximum Gasteiger partial charge on any atom is 0.471 e. The van der Waals surface area contributed by atoms with Crippen molar-refractivity contribution >= 4 is 29.4 Å². The van der Waals surface area contributed by atoms with Gasteiger partial charge in [0.2, 0.25) is 6.79 Å². The number of alkyl halides is 3. The number of carbonyl (C=O) groups is 3. The minimum absolute atomic E-state index is 0.0621. The lowest BCUT2D eigenvalue weighted by Crippen LogP contribution is -2.69. The average molecular weight is 726 g/mol. The topological polar surface area (TPSA) is 167 Å². The largest absolute Gasteiger partial charge is 0.504 e. The lowest BCUT2D eigenvalue weighted by Gasteiger charge is -2.61. The number of phenolic OH excluding ortho intramolecular Hbond substituents is 1. The van der Waals surface area contributed by atoms with E-state index in [9.17, 15) is 42.9 Å². The van der Waals surface area contributed by atoms with Gasteiger partial charge in [-0.1, -0.05) is 6.07 Å². The van der Waals surface area contributed by atoms with Crippen molar-refractivity contribution in [3.63, 3.8) is 0 Å². The summed E-state index contributed by atoms with van der Waals surface area (Å²) in [6.45, 7) is 4.93. The fourth-order valence-electron chi connectivity index (χ4n) is 7.96. The van der Waals surface area contributed by atoms with E-state index in [4.69, 9.17) is 18.9 Å². The van der Waals surface area contributed by atoms with Gasteiger partial charge in [-0.25, -0.2) is 0 Å². The van der Waals surface area contributed by atoms with Crippen molar-refractivity contribution in [2.45, 2.75) is 82.0 Å². The van der Waals surface area contributed by atoms with Crippen molar-refractivity contribution in [3.05, 3.63) is 39.4 Å². The Morgan fingerprint density at radius 2 is 1.80 bits per heavy atom. The van der Waals surface area contributed by atoms with Crippen LogP contribution in [0, 0.1) is 13.8 Å². The number of halogens is 3. The predicted molar refractivity (Wildman–Crippen MR) is 171 cm³/mol. The van der Waals surface area contributed by atoms with Crippen LogP contribution in [-0.4, -0.2) is 107 Å². The first-order valence-electron chi connectivity index (χ1n) is 15.8. The summed E-state index contributed by atoms with van der Waals surface area (Å²) in [5, 5.41) is 35.8. The van der Waals surface area contributed by atoms with Crippen LogP contribution in [-0.2, 0) is 20.8 Å². The zero-order chi connectivity index (χ0) is 36.6. The Balaban J connectivity index is 1.62. The summed E-state index contributed by atoms with van der Waals surface area (Å²) in [5.74, 6) is -3.42. The Morgan fingerprint density at radius 3 is 2.40 bits per heavy atom. The Bertz CT molecular complexity index is 1760. The van der Waals surface area contributed by atoms with E-state index in [0.29, 0.717) is 34.2 Å². The molecule has 0 aromatic heterocycles. The predicted octanol–water partition coefficient (Wildman–Crippen LogP) is 2.73. The highest BCUT2D eigenvalue weighted by Crippen LogP contribution is 2.63. The number of fused-ring (bicyclic) bond motifs is 9. The Hall–Kier alpha value is -3.77. The van der Waals surface area contributed by atoms with Crippen LogP contribution in [0.4, 0.5) is 13.2 Å². The van der Waals surface area contributed by atoms with Gasteiger partial charge in [0.1, 0.15) is 12.0 Å². The first-order chi connectivity index (χ1) is 23.5. The summed E-state index contributed by atoms with van der Waals surface area (Å²) in [6, 6.07) is -2.86. The molecule has 1 saturated heterocycles. The van der Waals surface area contributed by atoms with E-state index in [1.807, 2.05) is 11.0 Å². The zero-order valence-corrected chi connectivity index (χ0v) is 28.9. The molecular formula is C33H38F3N3O10S. The molecule has 0 spiro atoms. The molecule has 2 aromatic rings. The van der Waals surface area contributed by atoms with Crippen LogP contribution in [0.25, 0.3) is 0 Å². The molecule has 2 unspecified atom stereocenters. The summed E-state index contributed by atoms with van der Waals surface area (Å²) in [5.41, 5.74) is 2.93. The third-order valence-corrected chi connectivity index (χ3v) is 11.4. The second-order valence-electron chi connectivity index (χ2n) is 12.9. The number of aliphatic hydroxyl groups is 2. The number of nitrogens with zero attached hydrogens (tertiary/aromatic N) is 2. The smallest absolute Gasteiger partial charge is 0.471 e. The molecule has 7 atom stereocenters. The molecule has 4 aliphatic rings. The quantitative estimate of drug-likeness (QED) is 0.232. The fraction of sp³-hybridized carbons (Fsp3) is 0.545. The summed E-state index contributed by atoms with van der Waals surface area (Å²) >= 11 is 1.00. The van der Waals surface area contributed by atoms with Gasteiger partial charge in [0.15, 0.2) is 28.8 Å². The van der Waals surface area contributed by atoms with E-state index in [1.54, 1.807) is 31.1 Å². The minimum atomic E-state index is -5.25. The van der Waals surface area contributed by atoms with E-state index >= 15 is 0 Å². The van der Waals surface area contributed by atoms with Gasteiger partial charge in [-0.3, -0.25) is 24.2 Å². The van der Waals surface area contributed by atoms with Gasteiger partial charge in [-0.2, -0.15) is 13.2 Å². The number of benzene rings is 2. The van der Waals surface area contributed by atoms with Gasteiger partial charge in [0, 0.05) is 41.0 Å². The number of amides is 1. The molecule has 4 heterocycles. The number of piperazine rings is 1. The number of hydrogen-bond acceptors (Lipinski definition) is 13. The van der Waals surface area contributed by atoms with Crippen LogP contribution in [0.5, 0.6) is 28.7 Å². The maximum absolute atomic E-state index is 13.3. The number of methoxy groups -OCH3 is 1. The molecule has 4 N–H and O–H groups in total. The van der Waals surface area contributed by atoms with Crippen LogP contribution in [0.15, 0.2) is 6.07 Å². The van der Waals surface area contributed by atoms with E-state index < -0.39 is 72.1 Å². The number of thioether (sulfide) groups is 1. The number of aryl methyl sites for hydroxylation is 1. The Kier molecular flexibility index (Phi) is 9.43. The number of ketones is 1. The number of esters is 1. The molecule has 0 radical (unpaired) electrons. The lowest BCUT2D eigenvalue weighted by molar-refractivity contribution is -0.178. The highest BCUT2D eigenvalue weighted by molar-refractivity contribution is 7.99. The highest BCUT2D eigenvalue weighted by Gasteiger charge is 2.59. The molecule has 272 valence electrons. The van der Waals surface area contributed by atoms with E-state index in [-0.39, 0.29) is 41.3 Å². The average Bonchev–Trinajstić information content (AvgIpc) is 3.53. The molecule has 1 fully saturated rings. The number of rotatable bonds is 8. The number of likely N-dealkylation sites (N-methyl/N-ethyl adjacent to an activating group) is 1. The second kappa shape index (κ2) is 13.1. The summed E-state index contributed by atoms with van der Waals surface area (Å²) in [4.78, 5) is 40.8. The number of phenols is 1. The summed E-state index contributed by atoms with van der Waals surface area (Å²) < 4.78 is 63.0. The monoisotopic (exact) mass is 725 g/mol. The molecule has 50 heavy (non-hydrogen) atoms. The van der Waals surface area contributed by atoms with E-state index in [0.717, 1.165) is 24.2 Å². The maximum atomic E-state index is 13.3. The van der Waals surface area contributed by atoms with Crippen LogP contribution in [0.3, 0.4) is 0 Å². The van der Waals surface area contributed by atoms with Gasteiger partial charge >= 0.3 is 18.1 Å². The SMILES string of the molecule is COc1c(C)cc2c(c1O)[C@@H]1C3[C@H](SC[C@H](NC(=O)C(F)(F)F)C(C)=O)c4c(OC(C)=O)c(C)c5c(c4[C@H](CO)N3C(O)[C@H](C2)N1C)OCO5. The standard InChI is InChI=1S/C33H38F3N3O10S/c1-12-7-16-8-18-31(44)39-19(9-40)21-22(27(49-15(4)42)13(2)28-29(21)48-11-47-28)30(50-10-17(14(3)41)37-32(45)33(34,35)36)24(39)23(38(18)5)20(16)25(43)26(12)46-6/h7,17-19,23-24,30-31,40,43-44H,8-11H2,1-6H3,(H,37,45)/t17-,18-,19-,23+,24?,30+,31?/m0/s1. The van der Waals surface area contributed by atoms with Crippen molar-refractivity contribution < 1.29 is 61.8 Å². The third kappa shape index (κ3) is 5.62. The van der Waals surface area contributed by atoms with Gasteiger partial charge in [0.25, 0.3) is 0 Å². The van der Waals surface area contributed by atoms with Gasteiger partial charge in [0.05, 0.1) is 43.1 Å². The molecule has 2 bridgehead atoms. The summed E-state index contributed by atoms with van der Waals surface area (Å²) in [7, 11) is 3.20. The molecule has 2 aromatic carbocycles. The van der Waals surface area contributed by atoms with Crippen LogP contribution in [0.2, 0.25) is 0 Å². The van der Waals surface area contributed by atoms with Crippen molar-refractivity contribution in [3.8, 4) is 28.7 Å². The van der Waals surface area contributed by atoms with Gasteiger partial charge in [-0.05, 0) is 45.4 Å². The molecule has 0 aliphatic carbocycles. The summed E-state index contributed by atoms with van der Waals surface area (Å²) in [6.07, 6.45) is -6.17. The molecule has 1 amide bonds. The van der Waals surface area contributed by atoms with Crippen molar-refractivity contribution in [2.24, 2.45) is 0 Å². The number of ether oxygens (including phenoxy) is 4. The van der Waals surface area contributed by atoms with Crippen LogP contribution < -0.4 is 24.3 Å². The zero-order valence-electron chi connectivity index (χ0n) is 28.1. The molecule has 13 nitrogen and oxygen atoms in total. The van der Waals surface area contributed by atoms with Gasteiger partial charge in [-0.15, -0.1) is 11.8 Å². The normalized spacial score (nSPS) is 26.0. The first kappa shape index (κ1) is 36.0. The third-order valence-electron chi connectivity index (χ3n) is 10.0. The second-order valence-corrected chi connectivity index (χ2v) is 14.1. The fourth-order valence-corrected chi connectivity index (χ4v) is 9.57. The van der Waals surface area contributed by atoms with Crippen molar-refractivity contribution in [1.82, 2.24) is 15.1 Å². The Labute approximate surface area is 289 Å². The number of aromatic hydroxyl groups is 1. The van der Waals surface area contributed by atoms with E-state index in [1.165, 1.54) is 14.0 Å². The van der Waals surface area contributed by atoms with Crippen molar-refractivity contribution in [2.75, 3.05) is 33.3 Å². The number of hydrogen-bond donors (Lipinski definition) is 4. The van der Waals surface area contributed by atoms with Crippen molar-refractivity contribution in [1.29, 1.82) is 0 Å². The number of aliphatic hydroxyl groups excluding tert-OH is 2. The van der Waals surface area contributed by atoms with Crippen LogP contribution in [0.1, 0.15) is 64.6 Å². The van der Waals surface area contributed by atoms with Crippen LogP contribution >= 0.6 is 11.8 Å². The molecule has 4 aliphatic heterocycles.